The highest BCUT2D eigenvalue weighted by Gasteiger charge is 2.23. The van der Waals surface area contributed by atoms with Crippen LogP contribution in [0, 0.1) is 0 Å². The quantitative estimate of drug-likeness (QED) is 0.864. The number of nitrogens with one attached hydrogen (secondary N) is 2. The number of hydrogen-bond acceptors (Lipinski definition) is 2. The van der Waals surface area contributed by atoms with Gasteiger partial charge in [-0.3, -0.25) is 4.79 Å². The molecule has 100 valence electrons. The number of rotatable bonds is 2. The first-order chi connectivity index (χ1) is 9.27. The van der Waals surface area contributed by atoms with E-state index in [1.54, 1.807) is 0 Å². The Morgan fingerprint density at radius 3 is 3.05 bits per heavy atom. The van der Waals surface area contributed by atoms with Crippen molar-refractivity contribution >= 4 is 16.8 Å². The number of aromatic nitrogens is 1. The van der Waals surface area contributed by atoms with E-state index in [9.17, 15) is 4.79 Å². The number of nitrogens with zero attached hydrogens (tertiary/aromatic N) is 1. The predicted molar refractivity (Wildman–Crippen MR) is 76.3 cm³/mol. The molecule has 2 aromatic rings. The van der Waals surface area contributed by atoms with Crippen molar-refractivity contribution in [3.05, 3.63) is 36.0 Å². The summed E-state index contributed by atoms with van der Waals surface area (Å²) in [6.45, 7) is 1.96. The van der Waals surface area contributed by atoms with Crippen molar-refractivity contribution in [2.24, 2.45) is 0 Å². The zero-order chi connectivity index (χ0) is 13.2. The molecular weight excluding hydrogens is 238 g/mol. The minimum absolute atomic E-state index is 0.110. The van der Waals surface area contributed by atoms with Gasteiger partial charge < -0.3 is 15.2 Å². The molecule has 0 bridgehead atoms. The van der Waals surface area contributed by atoms with Crippen LogP contribution in [0.4, 0.5) is 0 Å². The van der Waals surface area contributed by atoms with E-state index in [4.69, 9.17) is 0 Å². The summed E-state index contributed by atoms with van der Waals surface area (Å²) < 4.78 is 0. The van der Waals surface area contributed by atoms with Crippen LogP contribution in [-0.4, -0.2) is 42.0 Å². The Hall–Kier alpha value is -1.81. The standard InChI is InChI=1S/C15H19N3O/c1-18(11-4-3-8-16-10-11)15(19)13-5-2-6-14-12(13)7-9-17-14/h2,5-7,9,11,16-17H,3-4,8,10H2,1H3. The lowest BCUT2D eigenvalue weighted by molar-refractivity contribution is 0.0710. The monoisotopic (exact) mass is 257 g/mol. The minimum atomic E-state index is 0.110. The summed E-state index contributed by atoms with van der Waals surface area (Å²) in [6.07, 6.45) is 4.10. The molecule has 0 saturated carbocycles. The van der Waals surface area contributed by atoms with Gasteiger partial charge in [-0.1, -0.05) is 6.07 Å². The average molecular weight is 257 g/mol. The Morgan fingerprint density at radius 1 is 1.37 bits per heavy atom. The fourth-order valence-electron chi connectivity index (χ4n) is 2.79. The highest BCUT2D eigenvalue weighted by Crippen LogP contribution is 2.20. The summed E-state index contributed by atoms with van der Waals surface area (Å²) in [6, 6.07) is 8.10. The zero-order valence-corrected chi connectivity index (χ0v) is 11.1. The number of piperidine rings is 1. The molecule has 0 spiro atoms. The Labute approximate surface area is 112 Å². The molecule has 1 aliphatic rings. The lowest BCUT2D eigenvalue weighted by Crippen LogP contribution is -2.46. The number of hydrogen-bond donors (Lipinski definition) is 2. The molecule has 1 unspecified atom stereocenters. The second-order valence-corrected chi connectivity index (χ2v) is 5.16. The van der Waals surface area contributed by atoms with Crippen LogP contribution in [0.2, 0.25) is 0 Å². The molecule has 1 saturated heterocycles. The first-order valence-electron chi connectivity index (χ1n) is 6.81. The third-order valence-corrected chi connectivity index (χ3v) is 3.96. The van der Waals surface area contributed by atoms with Gasteiger partial charge in [-0.2, -0.15) is 0 Å². The summed E-state index contributed by atoms with van der Waals surface area (Å²) >= 11 is 0. The van der Waals surface area contributed by atoms with Crippen LogP contribution in [-0.2, 0) is 0 Å². The first kappa shape index (κ1) is 12.2. The van der Waals surface area contributed by atoms with Gasteiger partial charge in [0.15, 0.2) is 0 Å². The van der Waals surface area contributed by atoms with Crippen LogP contribution in [0.25, 0.3) is 10.9 Å². The van der Waals surface area contributed by atoms with E-state index in [0.717, 1.165) is 42.4 Å². The third kappa shape index (κ3) is 2.24. The Balaban J connectivity index is 1.88. The lowest BCUT2D eigenvalue weighted by Gasteiger charge is -2.31. The van der Waals surface area contributed by atoms with Crippen LogP contribution in [0.1, 0.15) is 23.2 Å². The first-order valence-corrected chi connectivity index (χ1v) is 6.81. The van der Waals surface area contributed by atoms with Gasteiger partial charge in [0, 0.05) is 42.3 Å². The molecule has 2 N–H and O–H groups in total. The van der Waals surface area contributed by atoms with Crippen molar-refractivity contribution in [3.63, 3.8) is 0 Å². The SMILES string of the molecule is CN(C(=O)c1cccc2[nH]ccc12)C1CCCNC1. The predicted octanol–water partition coefficient (Wildman–Crippen LogP) is 1.99. The van der Waals surface area contributed by atoms with Gasteiger partial charge in [0.05, 0.1) is 0 Å². The number of amides is 1. The molecule has 1 fully saturated rings. The van der Waals surface area contributed by atoms with E-state index >= 15 is 0 Å². The summed E-state index contributed by atoms with van der Waals surface area (Å²) in [5.41, 5.74) is 1.80. The van der Waals surface area contributed by atoms with Gasteiger partial charge in [0.1, 0.15) is 0 Å². The van der Waals surface area contributed by atoms with E-state index in [2.05, 4.69) is 10.3 Å². The van der Waals surface area contributed by atoms with E-state index in [1.807, 2.05) is 42.4 Å². The maximum atomic E-state index is 12.6. The molecular formula is C15H19N3O. The van der Waals surface area contributed by atoms with Crippen molar-refractivity contribution in [1.82, 2.24) is 15.2 Å². The zero-order valence-electron chi connectivity index (χ0n) is 11.1. The number of carbonyl (C=O) groups excluding carboxylic acids is 1. The molecule has 3 rings (SSSR count). The number of fused-ring (bicyclic) bond motifs is 1. The van der Waals surface area contributed by atoms with Crippen molar-refractivity contribution in [2.45, 2.75) is 18.9 Å². The fourth-order valence-corrected chi connectivity index (χ4v) is 2.79. The Morgan fingerprint density at radius 2 is 2.26 bits per heavy atom. The van der Waals surface area contributed by atoms with Crippen LogP contribution in [0.3, 0.4) is 0 Å². The molecule has 1 amide bonds. The highest BCUT2D eigenvalue weighted by molar-refractivity contribution is 6.06. The van der Waals surface area contributed by atoms with Gasteiger partial charge in [-0.05, 0) is 37.6 Å². The summed E-state index contributed by atoms with van der Waals surface area (Å²) in [5, 5.41) is 4.36. The molecule has 1 aromatic carbocycles. The molecule has 2 heterocycles. The molecule has 19 heavy (non-hydrogen) atoms. The molecule has 4 nitrogen and oxygen atoms in total. The summed E-state index contributed by atoms with van der Waals surface area (Å²) in [5.74, 6) is 0.110. The van der Waals surface area contributed by atoms with Crippen molar-refractivity contribution in [3.8, 4) is 0 Å². The number of likely N-dealkylation sites (N-methyl/N-ethyl adjacent to an activating group) is 1. The number of carbonyl (C=O) groups is 1. The number of H-pyrrole nitrogens is 1. The second-order valence-electron chi connectivity index (χ2n) is 5.16. The largest absolute Gasteiger partial charge is 0.361 e. The average Bonchev–Trinajstić information content (AvgIpc) is 2.95. The van der Waals surface area contributed by atoms with Gasteiger partial charge >= 0.3 is 0 Å². The van der Waals surface area contributed by atoms with Crippen LogP contribution < -0.4 is 5.32 Å². The van der Waals surface area contributed by atoms with Crippen LogP contribution in [0.5, 0.6) is 0 Å². The molecule has 1 aliphatic heterocycles. The lowest BCUT2D eigenvalue weighted by atomic mass is 10.0. The Kier molecular flexibility index (Phi) is 3.25. The Bertz CT molecular complexity index is 584. The number of benzene rings is 1. The van der Waals surface area contributed by atoms with E-state index in [-0.39, 0.29) is 5.91 Å². The van der Waals surface area contributed by atoms with Crippen LogP contribution >= 0.6 is 0 Å². The molecule has 1 aromatic heterocycles. The van der Waals surface area contributed by atoms with E-state index in [0.29, 0.717) is 6.04 Å². The topological polar surface area (TPSA) is 48.1 Å². The fraction of sp³-hybridized carbons (Fsp3) is 0.400. The summed E-state index contributed by atoms with van der Waals surface area (Å²) in [7, 11) is 1.91. The van der Waals surface area contributed by atoms with E-state index < -0.39 is 0 Å². The normalized spacial score (nSPS) is 19.5. The third-order valence-electron chi connectivity index (χ3n) is 3.96. The second kappa shape index (κ2) is 5.05. The van der Waals surface area contributed by atoms with E-state index in [1.165, 1.54) is 0 Å². The van der Waals surface area contributed by atoms with Gasteiger partial charge in [-0.25, -0.2) is 0 Å². The van der Waals surface area contributed by atoms with Crippen molar-refractivity contribution in [2.75, 3.05) is 20.1 Å². The van der Waals surface area contributed by atoms with Gasteiger partial charge in [0.25, 0.3) is 5.91 Å². The van der Waals surface area contributed by atoms with Crippen molar-refractivity contribution < 1.29 is 4.79 Å². The molecule has 0 radical (unpaired) electrons. The smallest absolute Gasteiger partial charge is 0.254 e. The molecule has 4 heteroatoms. The minimum Gasteiger partial charge on any atom is -0.361 e. The van der Waals surface area contributed by atoms with Gasteiger partial charge in [0.2, 0.25) is 0 Å². The van der Waals surface area contributed by atoms with Crippen LogP contribution in [0.15, 0.2) is 30.5 Å². The number of aromatic amines is 1. The summed E-state index contributed by atoms with van der Waals surface area (Å²) in [4.78, 5) is 17.7. The highest BCUT2D eigenvalue weighted by atomic mass is 16.2. The van der Waals surface area contributed by atoms with Crippen molar-refractivity contribution in [1.29, 1.82) is 0 Å². The van der Waals surface area contributed by atoms with Gasteiger partial charge in [-0.15, -0.1) is 0 Å². The molecule has 0 aliphatic carbocycles. The maximum absolute atomic E-state index is 12.6. The molecule has 1 atom stereocenters. The maximum Gasteiger partial charge on any atom is 0.254 e.